The summed E-state index contributed by atoms with van der Waals surface area (Å²) in [6.45, 7) is 5.81. The van der Waals surface area contributed by atoms with E-state index in [1.54, 1.807) is 18.2 Å². The van der Waals surface area contributed by atoms with Crippen LogP contribution >= 0.6 is 24.8 Å². The van der Waals surface area contributed by atoms with Gasteiger partial charge in [0.1, 0.15) is 11.8 Å². The Morgan fingerprint density at radius 3 is 2.45 bits per heavy atom. The van der Waals surface area contributed by atoms with E-state index in [-0.39, 0.29) is 54.7 Å². The number of nitrogens with zero attached hydrogens (tertiary/aromatic N) is 2. The van der Waals surface area contributed by atoms with E-state index in [1.165, 1.54) is 0 Å². The molecule has 3 heterocycles. The number of carbonyl (C=O) groups excluding carboxylic acids is 4. The van der Waals surface area contributed by atoms with Gasteiger partial charge in [0.05, 0.1) is 17.7 Å². The molecule has 11 heteroatoms. The van der Waals surface area contributed by atoms with Crippen LogP contribution in [0.2, 0.25) is 0 Å². The van der Waals surface area contributed by atoms with Crippen molar-refractivity contribution in [2.45, 2.75) is 38.1 Å². The van der Waals surface area contributed by atoms with Crippen molar-refractivity contribution < 1.29 is 23.9 Å². The van der Waals surface area contributed by atoms with Crippen molar-refractivity contribution in [3.05, 3.63) is 29.3 Å². The highest BCUT2D eigenvalue weighted by molar-refractivity contribution is 6.24. The van der Waals surface area contributed by atoms with Crippen LogP contribution in [0.4, 0.5) is 0 Å². The highest BCUT2D eigenvalue weighted by atomic mass is 35.5. The third kappa shape index (κ3) is 6.03. The third-order valence-corrected chi connectivity index (χ3v) is 6.02. The number of rotatable bonds is 8. The van der Waals surface area contributed by atoms with E-state index in [1.807, 2.05) is 0 Å². The van der Waals surface area contributed by atoms with Gasteiger partial charge in [-0.25, -0.2) is 0 Å². The molecule has 182 valence electrons. The Bertz CT molecular complexity index is 892. The maximum absolute atomic E-state index is 13.0. The molecule has 1 aromatic carbocycles. The number of imide groups is 2. The van der Waals surface area contributed by atoms with Crippen LogP contribution in [0.3, 0.4) is 0 Å². The van der Waals surface area contributed by atoms with Crippen molar-refractivity contribution in [2.75, 3.05) is 39.3 Å². The average Bonchev–Trinajstić information content (AvgIpc) is 3.02. The molecule has 0 aromatic heterocycles. The Hall–Kier alpha value is -2.20. The number of piperidine rings is 1. The second-order valence-corrected chi connectivity index (χ2v) is 8.13. The van der Waals surface area contributed by atoms with Crippen molar-refractivity contribution in [2.24, 2.45) is 0 Å². The number of halogens is 2. The summed E-state index contributed by atoms with van der Waals surface area (Å²) in [5, 5.41) is 5.55. The van der Waals surface area contributed by atoms with Gasteiger partial charge >= 0.3 is 0 Å². The standard InChI is InChI=1S/C22H28N4O5.2ClH/c27-18-8-7-16(20(28)24-18)26-21(29)15-5-4-6-17(19(15)22(26)30)31-14-3-1-2-11-25-12-9-23-10-13-25;;/h4-6,16,23H,1-3,7-14H2,(H,24,27,28);2*1H. The Labute approximate surface area is 205 Å². The van der Waals surface area contributed by atoms with Crippen LogP contribution in [0.1, 0.15) is 52.8 Å². The molecule has 2 fully saturated rings. The number of benzene rings is 1. The molecule has 2 saturated heterocycles. The summed E-state index contributed by atoms with van der Waals surface area (Å²) in [7, 11) is 0. The smallest absolute Gasteiger partial charge is 0.266 e. The van der Waals surface area contributed by atoms with E-state index in [0.717, 1.165) is 56.9 Å². The highest BCUT2D eigenvalue weighted by Crippen LogP contribution is 2.33. The zero-order chi connectivity index (χ0) is 21.8. The molecular weight excluding hydrogens is 471 g/mol. The SMILES string of the molecule is Cl.Cl.O=C1CCC(N2C(=O)c3cccc(OCCCCCN4CCNCC4)c3C2=O)C(=O)N1. The fraction of sp³-hybridized carbons (Fsp3) is 0.545. The lowest BCUT2D eigenvalue weighted by atomic mass is 10.0. The molecule has 0 aliphatic carbocycles. The maximum Gasteiger partial charge on any atom is 0.266 e. The predicted octanol–water partition coefficient (Wildman–Crippen LogP) is 1.39. The lowest BCUT2D eigenvalue weighted by Crippen LogP contribution is -2.54. The molecule has 3 aliphatic heterocycles. The van der Waals surface area contributed by atoms with Gasteiger partial charge in [0.25, 0.3) is 11.8 Å². The van der Waals surface area contributed by atoms with Crippen LogP contribution in [0.25, 0.3) is 0 Å². The van der Waals surface area contributed by atoms with Crippen LogP contribution in [0, 0.1) is 0 Å². The molecule has 3 aliphatic rings. The van der Waals surface area contributed by atoms with Crippen LogP contribution in [0.5, 0.6) is 5.75 Å². The molecule has 0 saturated carbocycles. The minimum Gasteiger partial charge on any atom is -0.493 e. The normalized spacial score (nSPS) is 20.6. The largest absolute Gasteiger partial charge is 0.493 e. The van der Waals surface area contributed by atoms with E-state index in [9.17, 15) is 19.2 Å². The number of hydrogen-bond donors (Lipinski definition) is 2. The number of unbranched alkanes of at least 4 members (excludes halogenated alkanes) is 2. The molecule has 1 aromatic rings. The number of carbonyl (C=O) groups is 4. The maximum atomic E-state index is 13.0. The van der Waals surface area contributed by atoms with E-state index in [0.29, 0.717) is 12.4 Å². The molecule has 4 amide bonds. The average molecular weight is 501 g/mol. The lowest BCUT2D eigenvalue weighted by Gasteiger charge is -2.27. The molecule has 1 atom stereocenters. The van der Waals surface area contributed by atoms with E-state index in [4.69, 9.17) is 4.74 Å². The molecule has 33 heavy (non-hydrogen) atoms. The summed E-state index contributed by atoms with van der Waals surface area (Å²) < 4.78 is 5.86. The molecule has 1 unspecified atom stereocenters. The van der Waals surface area contributed by atoms with Gasteiger partial charge in [0.2, 0.25) is 11.8 Å². The van der Waals surface area contributed by atoms with Crippen molar-refractivity contribution >= 4 is 48.4 Å². The van der Waals surface area contributed by atoms with Crippen LogP contribution in [0.15, 0.2) is 18.2 Å². The van der Waals surface area contributed by atoms with Gasteiger partial charge in [-0.3, -0.25) is 29.4 Å². The number of piperazine rings is 1. The quantitative estimate of drug-likeness (QED) is 0.410. The number of amides is 4. The third-order valence-electron chi connectivity index (χ3n) is 6.02. The summed E-state index contributed by atoms with van der Waals surface area (Å²) >= 11 is 0. The second kappa shape index (κ2) is 12.3. The van der Waals surface area contributed by atoms with Crippen molar-refractivity contribution in [1.82, 2.24) is 20.4 Å². The minimum atomic E-state index is -0.970. The van der Waals surface area contributed by atoms with E-state index < -0.39 is 23.8 Å². The van der Waals surface area contributed by atoms with Gasteiger partial charge in [-0.05, 0) is 44.4 Å². The summed E-state index contributed by atoms with van der Waals surface area (Å²) in [6.07, 6.45) is 3.21. The first-order valence-electron chi connectivity index (χ1n) is 11.0. The second-order valence-electron chi connectivity index (χ2n) is 8.13. The van der Waals surface area contributed by atoms with Gasteiger partial charge < -0.3 is 15.0 Å². The van der Waals surface area contributed by atoms with Gasteiger partial charge in [0.15, 0.2) is 0 Å². The fourth-order valence-corrected chi connectivity index (χ4v) is 4.34. The Kier molecular flexibility index (Phi) is 10.1. The fourth-order valence-electron chi connectivity index (χ4n) is 4.34. The number of ether oxygens (including phenoxy) is 1. The molecular formula is C22H30Cl2N4O5. The lowest BCUT2D eigenvalue weighted by molar-refractivity contribution is -0.136. The summed E-state index contributed by atoms with van der Waals surface area (Å²) in [5.41, 5.74) is 0.448. The first kappa shape index (κ1) is 27.0. The Morgan fingerprint density at radius 1 is 0.970 bits per heavy atom. The monoisotopic (exact) mass is 500 g/mol. The molecule has 0 radical (unpaired) electrons. The minimum absolute atomic E-state index is 0. The van der Waals surface area contributed by atoms with Crippen LogP contribution < -0.4 is 15.4 Å². The van der Waals surface area contributed by atoms with Crippen molar-refractivity contribution in [3.63, 3.8) is 0 Å². The first-order chi connectivity index (χ1) is 15.1. The summed E-state index contributed by atoms with van der Waals surface area (Å²) in [6, 6.07) is 3.96. The van der Waals surface area contributed by atoms with E-state index >= 15 is 0 Å². The predicted molar refractivity (Wildman–Crippen MR) is 126 cm³/mol. The molecule has 0 bridgehead atoms. The van der Waals surface area contributed by atoms with Gasteiger partial charge in [-0.15, -0.1) is 24.8 Å². The molecule has 2 N–H and O–H groups in total. The number of fused-ring (bicyclic) bond motifs is 1. The number of hydrogen-bond acceptors (Lipinski definition) is 7. The van der Waals surface area contributed by atoms with Gasteiger partial charge in [0, 0.05) is 32.6 Å². The van der Waals surface area contributed by atoms with Crippen molar-refractivity contribution in [1.29, 1.82) is 0 Å². The van der Waals surface area contributed by atoms with Crippen LogP contribution in [-0.2, 0) is 9.59 Å². The first-order valence-corrected chi connectivity index (χ1v) is 11.0. The van der Waals surface area contributed by atoms with E-state index in [2.05, 4.69) is 15.5 Å². The zero-order valence-corrected chi connectivity index (χ0v) is 20.0. The molecule has 0 spiro atoms. The van der Waals surface area contributed by atoms with Crippen molar-refractivity contribution in [3.8, 4) is 5.75 Å². The van der Waals surface area contributed by atoms with Crippen LogP contribution in [-0.4, -0.2) is 78.8 Å². The molecule has 4 rings (SSSR count). The van der Waals surface area contributed by atoms with Gasteiger partial charge in [-0.1, -0.05) is 6.07 Å². The zero-order valence-electron chi connectivity index (χ0n) is 18.3. The van der Waals surface area contributed by atoms with Gasteiger partial charge in [-0.2, -0.15) is 0 Å². The highest BCUT2D eigenvalue weighted by Gasteiger charge is 2.45. The topological polar surface area (TPSA) is 108 Å². The summed E-state index contributed by atoms with van der Waals surface area (Å²) in [4.78, 5) is 52.9. The number of nitrogens with one attached hydrogen (secondary N) is 2. The molecule has 9 nitrogen and oxygen atoms in total. The Balaban J connectivity index is 0.00000193. The Morgan fingerprint density at radius 2 is 1.73 bits per heavy atom. The summed E-state index contributed by atoms with van der Waals surface area (Å²) in [5.74, 6) is -1.69.